The molecule has 0 amide bonds. The van der Waals surface area contributed by atoms with E-state index in [9.17, 15) is 5.11 Å². The van der Waals surface area contributed by atoms with Crippen LogP contribution >= 0.6 is 0 Å². The van der Waals surface area contributed by atoms with Crippen LogP contribution in [0.25, 0.3) is 0 Å². The molecule has 1 N–H and O–H groups in total. The Labute approximate surface area is 122 Å². The maximum Gasteiger partial charge on any atom is 0.0723 e. The van der Waals surface area contributed by atoms with Gasteiger partial charge in [0, 0.05) is 19.1 Å². The largest absolute Gasteiger partial charge is 0.391 e. The first-order valence-electron chi connectivity index (χ1n) is 9.12. The number of fused-ring (bicyclic) bond motifs is 2. The lowest BCUT2D eigenvalue weighted by molar-refractivity contribution is -0.128. The summed E-state index contributed by atoms with van der Waals surface area (Å²) in [5.41, 5.74) is 0.330. The lowest BCUT2D eigenvalue weighted by Crippen LogP contribution is -2.55. The van der Waals surface area contributed by atoms with Crippen molar-refractivity contribution in [3.05, 3.63) is 0 Å². The molecular formula is C18H29NO. The zero-order valence-electron chi connectivity index (χ0n) is 12.6. The second kappa shape index (κ2) is 4.23. The first-order chi connectivity index (χ1) is 9.70. The van der Waals surface area contributed by atoms with Crippen LogP contribution < -0.4 is 0 Å². The highest BCUT2D eigenvalue weighted by molar-refractivity contribution is 5.05. The number of nitrogens with zero attached hydrogens (tertiary/aromatic N) is 1. The Kier molecular flexibility index (Phi) is 2.63. The first kappa shape index (κ1) is 12.5. The van der Waals surface area contributed by atoms with E-state index in [4.69, 9.17) is 0 Å². The molecule has 6 aliphatic rings. The first-order valence-corrected chi connectivity index (χ1v) is 9.12. The van der Waals surface area contributed by atoms with Gasteiger partial charge in [-0.1, -0.05) is 0 Å². The van der Waals surface area contributed by atoms with Gasteiger partial charge in [-0.15, -0.1) is 0 Å². The molecule has 0 aromatic rings. The number of aliphatic hydroxyl groups excluding tert-OH is 1. The SMILES string of the molecule is OC(CN1CC2CCC1C2)C12CC3CC(CC(C3)C1)C2. The van der Waals surface area contributed by atoms with Crippen molar-refractivity contribution in [2.45, 2.75) is 69.9 Å². The van der Waals surface area contributed by atoms with Crippen molar-refractivity contribution in [3.63, 3.8) is 0 Å². The minimum atomic E-state index is -0.0322. The lowest BCUT2D eigenvalue weighted by atomic mass is 9.48. The predicted octanol–water partition coefficient (Wildman–Crippen LogP) is 3.05. The summed E-state index contributed by atoms with van der Waals surface area (Å²) in [6.07, 6.45) is 12.8. The molecular weight excluding hydrogens is 246 g/mol. The number of hydrogen-bond donors (Lipinski definition) is 1. The van der Waals surface area contributed by atoms with E-state index in [1.165, 1.54) is 64.3 Å². The fraction of sp³-hybridized carbons (Fsp3) is 1.00. The lowest BCUT2D eigenvalue weighted by Gasteiger charge is -2.58. The maximum absolute atomic E-state index is 11.1. The Morgan fingerprint density at radius 2 is 1.55 bits per heavy atom. The summed E-state index contributed by atoms with van der Waals surface area (Å²) >= 11 is 0. The van der Waals surface area contributed by atoms with Crippen LogP contribution in [0.1, 0.15) is 57.8 Å². The van der Waals surface area contributed by atoms with E-state index in [-0.39, 0.29) is 6.10 Å². The molecule has 2 nitrogen and oxygen atoms in total. The van der Waals surface area contributed by atoms with Crippen molar-refractivity contribution >= 4 is 0 Å². The van der Waals surface area contributed by atoms with E-state index in [1.54, 1.807) is 0 Å². The van der Waals surface area contributed by atoms with Crippen LogP contribution in [0.2, 0.25) is 0 Å². The average Bonchev–Trinajstić information content (AvgIpc) is 2.99. The van der Waals surface area contributed by atoms with Crippen molar-refractivity contribution in [3.8, 4) is 0 Å². The van der Waals surface area contributed by atoms with Crippen LogP contribution in [0.5, 0.6) is 0 Å². The second-order valence-corrected chi connectivity index (χ2v) is 9.08. The van der Waals surface area contributed by atoms with Crippen LogP contribution in [0.3, 0.4) is 0 Å². The summed E-state index contributed by atoms with van der Waals surface area (Å²) in [4.78, 5) is 2.65. The quantitative estimate of drug-likeness (QED) is 0.856. The third kappa shape index (κ3) is 1.76. The van der Waals surface area contributed by atoms with E-state index >= 15 is 0 Å². The van der Waals surface area contributed by atoms with E-state index in [0.29, 0.717) is 5.41 Å². The minimum Gasteiger partial charge on any atom is -0.391 e. The molecule has 6 fully saturated rings. The van der Waals surface area contributed by atoms with Gasteiger partial charge >= 0.3 is 0 Å². The Bertz CT molecular complexity index is 371. The summed E-state index contributed by atoms with van der Waals surface area (Å²) < 4.78 is 0. The van der Waals surface area contributed by atoms with Crippen LogP contribution in [0.15, 0.2) is 0 Å². The molecule has 6 bridgehead atoms. The average molecular weight is 275 g/mol. The molecule has 112 valence electrons. The molecule has 2 heteroatoms. The molecule has 1 heterocycles. The highest BCUT2D eigenvalue weighted by atomic mass is 16.3. The van der Waals surface area contributed by atoms with Gasteiger partial charge in [-0.25, -0.2) is 0 Å². The van der Waals surface area contributed by atoms with Gasteiger partial charge in [-0.3, -0.25) is 4.90 Å². The van der Waals surface area contributed by atoms with Crippen molar-refractivity contribution in [1.82, 2.24) is 4.90 Å². The normalized spacial score (nSPS) is 54.8. The molecule has 6 rings (SSSR count). The van der Waals surface area contributed by atoms with Crippen LogP contribution in [-0.4, -0.2) is 35.2 Å². The zero-order chi connectivity index (χ0) is 13.3. The van der Waals surface area contributed by atoms with Crippen LogP contribution in [-0.2, 0) is 0 Å². The Balaban J connectivity index is 1.32. The van der Waals surface area contributed by atoms with Gasteiger partial charge < -0.3 is 5.11 Å². The summed E-state index contributed by atoms with van der Waals surface area (Å²) in [6, 6.07) is 0.823. The van der Waals surface area contributed by atoms with E-state index in [1.807, 2.05) is 0 Å². The fourth-order valence-corrected chi connectivity index (χ4v) is 7.25. The Morgan fingerprint density at radius 1 is 0.900 bits per heavy atom. The van der Waals surface area contributed by atoms with Crippen molar-refractivity contribution in [2.75, 3.05) is 13.1 Å². The Hall–Kier alpha value is -0.0800. The molecule has 5 aliphatic carbocycles. The number of aliphatic hydroxyl groups is 1. The molecule has 1 aliphatic heterocycles. The predicted molar refractivity (Wildman–Crippen MR) is 79.3 cm³/mol. The number of hydrogen-bond acceptors (Lipinski definition) is 2. The smallest absolute Gasteiger partial charge is 0.0723 e. The molecule has 0 radical (unpaired) electrons. The minimum absolute atomic E-state index is 0.0322. The van der Waals surface area contributed by atoms with Gasteiger partial charge in [0.15, 0.2) is 0 Å². The molecule has 20 heavy (non-hydrogen) atoms. The van der Waals surface area contributed by atoms with Gasteiger partial charge in [0.2, 0.25) is 0 Å². The van der Waals surface area contributed by atoms with E-state index in [2.05, 4.69) is 4.90 Å². The summed E-state index contributed by atoms with van der Waals surface area (Å²) in [5.74, 6) is 3.85. The number of β-amino-alcohol motifs (C(OH)–C–C–N with tert-alkyl or cyclic N) is 1. The van der Waals surface area contributed by atoms with Gasteiger partial charge in [-0.2, -0.15) is 0 Å². The third-order valence-corrected chi connectivity index (χ3v) is 7.72. The van der Waals surface area contributed by atoms with Gasteiger partial charge in [0.05, 0.1) is 6.10 Å². The molecule has 3 atom stereocenters. The standard InChI is InChI=1S/C18H29NO/c20-17(11-19-10-12-1-2-16(19)6-12)18-7-13-3-14(8-18)5-15(4-13)9-18/h12-17,20H,1-11H2. The van der Waals surface area contributed by atoms with E-state index in [0.717, 1.165) is 36.3 Å². The van der Waals surface area contributed by atoms with Crippen LogP contribution in [0, 0.1) is 29.1 Å². The number of likely N-dealkylation sites (tertiary alicyclic amines) is 1. The third-order valence-electron chi connectivity index (χ3n) is 7.72. The second-order valence-electron chi connectivity index (χ2n) is 9.08. The molecule has 0 aromatic carbocycles. The summed E-state index contributed by atoms with van der Waals surface area (Å²) in [5, 5.41) is 11.1. The van der Waals surface area contributed by atoms with Gasteiger partial charge in [0.1, 0.15) is 0 Å². The molecule has 0 spiro atoms. The molecule has 1 saturated heterocycles. The summed E-state index contributed by atoms with van der Waals surface area (Å²) in [7, 11) is 0. The van der Waals surface area contributed by atoms with E-state index < -0.39 is 0 Å². The van der Waals surface area contributed by atoms with Crippen molar-refractivity contribution in [2.24, 2.45) is 29.1 Å². The van der Waals surface area contributed by atoms with Gasteiger partial charge in [0.25, 0.3) is 0 Å². The van der Waals surface area contributed by atoms with Crippen molar-refractivity contribution in [1.29, 1.82) is 0 Å². The van der Waals surface area contributed by atoms with Crippen LogP contribution in [0.4, 0.5) is 0 Å². The van der Waals surface area contributed by atoms with Crippen molar-refractivity contribution < 1.29 is 5.11 Å². The fourth-order valence-electron chi connectivity index (χ4n) is 7.25. The highest BCUT2D eigenvalue weighted by Crippen LogP contribution is 2.61. The zero-order valence-corrected chi connectivity index (χ0v) is 12.6. The molecule has 5 saturated carbocycles. The Morgan fingerprint density at radius 3 is 2.05 bits per heavy atom. The molecule has 3 unspecified atom stereocenters. The molecule has 0 aromatic heterocycles. The highest BCUT2D eigenvalue weighted by Gasteiger charge is 2.54. The summed E-state index contributed by atoms with van der Waals surface area (Å²) in [6.45, 7) is 2.28. The topological polar surface area (TPSA) is 23.5 Å². The number of rotatable bonds is 3. The van der Waals surface area contributed by atoms with Gasteiger partial charge in [-0.05, 0) is 86.9 Å². The number of piperidine rings is 1. The maximum atomic E-state index is 11.1. The monoisotopic (exact) mass is 275 g/mol.